The molecule has 2 rings (SSSR count). The van der Waals surface area contributed by atoms with Gasteiger partial charge in [0.05, 0.1) is 15.4 Å². The quantitative estimate of drug-likeness (QED) is 0.850. The molecule has 0 saturated heterocycles. The van der Waals surface area contributed by atoms with Gasteiger partial charge >= 0.3 is 0 Å². The molecule has 0 aliphatic heterocycles. The monoisotopic (exact) mass is 317 g/mol. The van der Waals surface area contributed by atoms with Crippen LogP contribution in [0.15, 0.2) is 29.2 Å². The molecule has 20 heavy (non-hydrogen) atoms. The number of sulfone groups is 2. The van der Waals surface area contributed by atoms with Crippen LogP contribution < -0.4 is 5.73 Å². The summed E-state index contributed by atoms with van der Waals surface area (Å²) in [5, 5.41) is -1.18. The first kappa shape index (κ1) is 15.3. The summed E-state index contributed by atoms with van der Waals surface area (Å²) in [7, 11) is -6.68. The van der Waals surface area contributed by atoms with Gasteiger partial charge in [0.25, 0.3) is 0 Å². The van der Waals surface area contributed by atoms with Crippen molar-refractivity contribution in [3.63, 3.8) is 0 Å². The second-order valence-corrected chi connectivity index (χ2v) is 9.91. The van der Waals surface area contributed by atoms with Crippen LogP contribution >= 0.6 is 0 Å². The molecule has 7 heteroatoms. The molecule has 1 aliphatic rings. The van der Waals surface area contributed by atoms with Crippen LogP contribution in [0.3, 0.4) is 0 Å². The fraction of sp³-hybridized carbons (Fsp3) is 0.538. The Hall–Kier alpha value is -1.08. The molecule has 0 bridgehead atoms. The largest absolute Gasteiger partial charge is 0.399 e. The molecule has 2 atom stereocenters. The van der Waals surface area contributed by atoms with E-state index in [0.717, 1.165) is 0 Å². The molecule has 0 spiro atoms. The number of benzene rings is 1. The normalized spacial score (nSPS) is 24.4. The number of rotatable bonds is 3. The Kier molecular flexibility index (Phi) is 4.11. The van der Waals surface area contributed by atoms with Gasteiger partial charge in [-0.15, -0.1) is 0 Å². The molecule has 0 amide bonds. The Morgan fingerprint density at radius 3 is 2.10 bits per heavy atom. The summed E-state index contributed by atoms with van der Waals surface area (Å²) in [5.74, 6) is 0. The van der Waals surface area contributed by atoms with Crippen LogP contribution in [-0.2, 0) is 19.7 Å². The highest BCUT2D eigenvalue weighted by molar-refractivity contribution is 7.92. The summed E-state index contributed by atoms with van der Waals surface area (Å²) in [6.07, 6.45) is 3.04. The Morgan fingerprint density at radius 2 is 1.55 bits per heavy atom. The van der Waals surface area contributed by atoms with Gasteiger partial charge in [0.2, 0.25) is 0 Å². The molecule has 2 N–H and O–H groups in total. The maximum absolute atomic E-state index is 12.5. The third-order valence-electron chi connectivity index (χ3n) is 3.83. The number of hydrogen-bond acceptors (Lipinski definition) is 5. The Bertz CT molecular complexity index is 678. The van der Waals surface area contributed by atoms with E-state index in [9.17, 15) is 16.8 Å². The first-order valence-electron chi connectivity index (χ1n) is 6.49. The van der Waals surface area contributed by atoms with E-state index in [0.29, 0.717) is 24.9 Å². The Labute approximate surface area is 120 Å². The van der Waals surface area contributed by atoms with Gasteiger partial charge in [-0.1, -0.05) is 6.42 Å². The van der Waals surface area contributed by atoms with E-state index in [4.69, 9.17) is 5.73 Å². The van der Waals surface area contributed by atoms with E-state index < -0.39 is 30.2 Å². The molecule has 1 saturated carbocycles. The third kappa shape index (κ3) is 3.15. The predicted molar refractivity (Wildman–Crippen MR) is 78.9 cm³/mol. The lowest BCUT2D eigenvalue weighted by Gasteiger charge is -2.27. The zero-order valence-corrected chi connectivity index (χ0v) is 13.0. The first-order valence-corrected chi connectivity index (χ1v) is 9.99. The van der Waals surface area contributed by atoms with Crippen molar-refractivity contribution < 1.29 is 16.8 Å². The maximum Gasteiger partial charge on any atom is 0.181 e. The van der Waals surface area contributed by atoms with E-state index in [1.54, 1.807) is 12.1 Å². The topological polar surface area (TPSA) is 94.3 Å². The van der Waals surface area contributed by atoms with Crippen LogP contribution in [0.4, 0.5) is 5.69 Å². The molecule has 5 nitrogen and oxygen atoms in total. The van der Waals surface area contributed by atoms with Gasteiger partial charge in [-0.05, 0) is 43.5 Å². The van der Waals surface area contributed by atoms with Crippen LogP contribution in [0.5, 0.6) is 0 Å². The van der Waals surface area contributed by atoms with Crippen molar-refractivity contribution >= 4 is 25.4 Å². The summed E-state index contributed by atoms with van der Waals surface area (Å²) in [6, 6.07) is 6.05. The molecule has 0 radical (unpaired) electrons. The van der Waals surface area contributed by atoms with Gasteiger partial charge in [-0.25, -0.2) is 16.8 Å². The highest BCUT2D eigenvalue weighted by Crippen LogP contribution is 2.31. The molecule has 2 unspecified atom stereocenters. The molecular formula is C13H19NO4S2. The van der Waals surface area contributed by atoms with E-state index >= 15 is 0 Å². The van der Waals surface area contributed by atoms with Gasteiger partial charge in [0.15, 0.2) is 9.84 Å². The van der Waals surface area contributed by atoms with Crippen LogP contribution in [0.2, 0.25) is 0 Å². The van der Waals surface area contributed by atoms with Crippen LogP contribution in [-0.4, -0.2) is 33.6 Å². The standard InChI is InChI=1S/C13H19NO4S2/c1-19(15,16)12-3-2-4-13(9-12)20(17,18)11-7-5-10(14)6-8-11/h5-8,12-13H,2-4,9,14H2,1H3. The summed E-state index contributed by atoms with van der Waals surface area (Å²) in [6.45, 7) is 0. The van der Waals surface area contributed by atoms with Crippen LogP contribution in [0.25, 0.3) is 0 Å². The van der Waals surface area contributed by atoms with Crippen molar-refractivity contribution in [1.82, 2.24) is 0 Å². The molecule has 0 heterocycles. The highest BCUT2D eigenvalue weighted by atomic mass is 32.2. The van der Waals surface area contributed by atoms with E-state index in [1.165, 1.54) is 18.4 Å². The second kappa shape index (κ2) is 5.37. The van der Waals surface area contributed by atoms with Crippen molar-refractivity contribution in [2.45, 2.75) is 41.1 Å². The predicted octanol–water partition coefficient (Wildman–Crippen LogP) is 1.40. The SMILES string of the molecule is CS(=O)(=O)C1CCCC(S(=O)(=O)c2ccc(N)cc2)C1. The minimum atomic E-state index is -3.49. The average molecular weight is 317 g/mol. The molecule has 1 aliphatic carbocycles. The van der Waals surface area contributed by atoms with Crippen LogP contribution in [0.1, 0.15) is 25.7 Å². The van der Waals surface area contributed by atoms with Gasteiger partial charge in [-0.2, -0.15) is 0 Å². The second-order valence-electron chi connectivity index (χ2n) is 5.35. The van der Waals surface area contributed by atoms with Crippen LogP contribution in [0, 0.1) is 0 Å². The summed E-state index contributed by atoms with van der Waals surface area (Å²) in [4.78, 5) is 0.214. The Morgan fingerprint density at radius 1 is 1.00 bits per heavy atom. The van der Waals surface area contributed by atoms with Crippen molar-refractivity contribution in [3.8, 4) is 0 Å². The van der Waals surface area contributed by atoms with Crippen molar-refractivity contribution in [2.24, 2.45) is 0 Å². The van der Waals surface area contributed by atoms with E-state index in [-0.39, 0.29) is 11.3 Å². The lowest BCUT2D eigenvalue weighted by atomic mass is 10.00. The zero-order chi connectivity index (χ0) is 15.0. The highest BCUT2D eigenvalue weighted by Gasteiger charge is 2.36. The fourth-order valence-electron chi connectivity index (χ4n) is 2.62. The lowest BCUT2D eigenvalue weighted by molar-refractivity contribution is 0.473. The minimum absolute atomic E-state index is 0.186. The van der Waals surface area contributed by atoms with Gasteiger partial charge in [0, 0.05) is 11.9 Å². The molecule has 1 fully saturated rings. The number of nitrogen functional groups attached to an aromatic ring is 1. The number of anilines is 1. The van der Waals surface area contributed by atoms with E-state index in [1.807, 2.05) is 0 Å². The zero-order valence-electron chi connectivity index (χ0n) is 11.3. The fourth-order valence-corrected chi connectivity index (χ4v) is 5.78. The first-order chi connectivity index (χ1) is 9.21. The smallest absolute Gasteiger partial charge is 0.181 e. The molecular weight excluding hydrogens is 298 g/mol. The average Bonchev–Trinajstić information content (AvgIpc) is 2.38. The van der Waals surface area contributed by atoms with Gasteiger partial charge in [-0.3, -0.25) is 0 Å². The lowest BCUT2D eigenvalue weighted by Crippen LogP contribution is -2.34. The summed E-state index contributed by atoms with van der Waals surface area (Å²) < 4.78 is 48.3. The summed E-state index contributed by atoms with van der Waals surface area (Å²) >= 11 is 0. The molecule has 112 valence electrons. The number of nitrogens with two attached hydrogens (primary N) is 1. The summed E-state index contributed by atoms with van der Waals surface area (Å²) in [5.41, 5.74) is 6.05. The number of hydrogen-bond donors (Lipinski definition) is 1. The maximum atomic E-state index is 12.5. The van der Waals surface area contributed by atoms with Crippen molar-refractivity contribution in [1.29, 1.82) is 0 Å². The molecule has 1 aromatic rings. The van der Waals surface area contributed by atoms with E-state index in [2.05, 4.69) is 0 Å². The van der Waals surface area contributed by atoms with Gasteiger partial charge in [0.1, 0.15) is 9.84 Å². The molecule has 1 aromatic carbocycles. The minimum Gasteiger partial charge on any atom is -0.399 e. The third-order valence-corrected chi connectivity index (χ3v) is 7.71. The van der Waals surface area contributed by atoms with Crippen molar-refractivity contribution in [3.05, 3.63) is 24.3 Å². The van der Waals surface area contributed by atoms with Gasteiger partial charge < -0.3 is 5.73 Å². The Balaban J connectivity index is 2.28. The molecule has 0 aromatic heterocycles. The van der Waals surface area contributed by atoms with Crippen molar-refractivity contribution in [2.75, 3.05) is 12.0 Å².